The second-order valence-electron chi connectivity index (χ2n) is 7.42. The maximum absolute atomic E-state index is 14.5. The molecule has 2 aliphatic rings. The summed E-state index contributed by atoms with van der Waals surface area (Å²) >= 11 is 1.31. The molecule has 2 atom stereocenters. The van der Waals surface area contributed by atoms with Crippen molar-refractivity contribution in [2.75, 3.05) is 6.61 Å². The first-order valence-corrected chi connectivity index (χ1v) is 10.5. The fraction of sp³-hybridized carbons (Fsp3) is 0.364. The minimum atomic E-state index is -0.829. The number of aliphatic hydroxyl groups is 1. The smallest absolute Gasteiger partial charge is 0.241 e. The van der Waals surface area contributed by atoms with Gasteiger partial charge in [0.25, 0.3) is 0 Å². The number of carbonyl (C=O) groups excluding carboxylic acids is 1. The van der Waals surface area contributed by atoms with Gasteiger partial charge in [0, 0.05) is 19.1 Å². The summed E-state index contributed by atoms with van der Waals surface area (Å²) in [4.78, 5) is 11.8. The molecule has 1 aliphatic heterocycles. The fourth-order valence-electron chi connectivity index (χ4n) is 4.39. The number of rotatable bonds is 4. The minimum absolute atomic E-state index is 0.0244. The summed E-state index contributed by atoms with van der Waals surface area (Å²) in [6, 6.07) is 11.2. The Morgan fingerprint density at radius 3 is 2.86 bits per heavy atom. The van der Waals surface area contributed by atoms with Crippen LogP contribution in [-0.4, -0.2) is 27.7 Å². The average molecular weight is 416 g/mol. The molecule has 0 saturated heterocycles. The summed E-state index contributed by atoms with van der Waals surface area (Å²) in [5.41, 5.74) is 2.16. The Balaban J connectivity index is 1.87. The highest BCUT2D eigenvalue weighted by molar-refractivity contribution is 8.15. The summed E-state index contributed by atoms with van der Waals surface area (Å²) < 4.78 is 28.3. The van der Waals surface area contributed by atoms with Crippen LogP contribution in [0.1, 0.15) is 42.9 Å². The number of hydrazone groups is 1. The van der Waals surface area contributed by atoms with Crippen LogP contribution in [0.15, 0.2) is 47.6 Å². The highest BCUT2D eigenvalue weighted by Gasteiger charge is 2.55. The van der Waals surface area contributed by atoms with Gasteiger partial charge in [-0.1, -0.05) is 36.0 Å². The van der Waals surface area contributed by atoms with Crippen LogP contribution in [-0.2, 0) is 16.1 Å². The molecule has 2 aromatic carbocycles. The van der Waals surface area contributed by atoms with E-state index in [9.17, 15) is 18.7 Å². The third kappa shape index (κ3) is 3.36. The third-order valence-corrected chi connectivity index (χ3v) is 7.18. The van der Waals surface area contributed by atoms with Crippen molar-refractivity contribution in [2.24, 2.45) is 11.0 Å². The first kappa shape index (κ1) is 20.0. The monoisotopic (exact) mass is 416 g/mol. The molecule has 0 fully saturated rings. The largest absolute Gasteiger partial charge is 0.396 e. The summed E-state index contributed by atoms with van der Waals surface area (Å²) in [7, 11) is 0. The van der Waals surface area contributed by atoms with Crippen LogP contribution in [0.5, 0.6) is 0 Å². The second kappa shape index (κ2) is 7.88. The number of thioether (sulfide) groups is 1. The molecule has 7 heteroatoms. The Morgan fingerprint density at radius 2 is 2.10 bits per heavy atom. The zero-order chi connectivity index (χ0) is 20.6. The number of nitrogens with zero attached hydrogens (tertiary/aromatic N) is 2. The summed E-state index contributed by atoms with van der Waals surface area (Å²) in [6.45, 7) is 1.50. The molecule has 4 nitrogen and oxygen atoms in total. The van der Waals surface area contributed by atoms with Crippen LogP contribution >= 0.6 is 11.8 Å². The van der Waals surface area contributed by atoms with Crippen molar-refractivity contribution in [3.05, 3.63) is 70.8 Å². The predicted octanol–water partition coefficient (Wildman–Crippen LogP) is 4.41. The Bertz CT molecular complexity index is 981. The quantitative estimate of drug-likeness (QED) is 0.803. The van der Waals surface area contributed by atoms with Crippen molar-refractivity contribution in [3.63, 3.8) is 0 Å². The summed E-state index contributed by atoms with van der Waals surface area (Å²) in [5, 5.41) is 15.6. The van der Waals surface area contributed by atoms with Gasteiger partial charge in [0.15, 0.2) is 0 Å². The molecule has 1 aliphatic carbocycles. The normalized spacial score (nSPS) is 23.2. The number of halogens is 2. The van der Waals surface area contributed by atoms with Crippen LogP contribution in [0.2, 0.25) is 0 Å². The predicted molar refractivity (Wildman–Crippen MR) is 109 cm³/mol. The highest BCUT2D eigenvalue weighted by atomic mass is 32.2. The van der Waals surface area contributed by atoms with Crippen molar-refractivity contribution >= 4 is 22.7 Å². The number of amides is 1. The SMILES string of the molecule is CC(=O)N1N=C(c2cc(F)ccc2F)SC12c1ccccc1CCC2CCCO. The molecule has 0 aromatic heterocycles. The van der Waals surface area contributed by atoms with E-state index >= 15 is 0 Å². The molecular formula is C22H22F2N2O2S. The van der Waals surface area contributed by atoms with Crippen molar-refractivity contribution in [2.45, 2.75) is 37.5 Å². The lowest BCUT2D eigenvalue weighted by atomic mass is 9.76. The first-order valence-electron chi connectivity index (χ1n) is 9.70. The van der Waals surface area contributed by atoms with E-state index in [2.05, 4.69) is 5.10 Å². The molecule has 2 unspecified atom stereocenters. The number of aryl methyl sites for hydroxylation is 1. The summed E-state index contributed by atoms with van der Waals surface area (Å²) in [5.74, 6) is -1.36. The molecule has 1 heterocycles. The number of benzene rings is 2. The van der Waals surface area contributed by atoms with Gasteiger partial charge in [0.2, 0.25) is 5.91 Å². The van der Waals surface area contributed by atoms with E-state index in [1.165, 1.54) is 23.7 Å². The van der Waals surface area contributed by atoms with Gasteiger partial charge in [0.05, 0.1) is 0 Å². The average Bonchev–Trinajstić information content (AvgIpc) is 3.11. The molecule has 29 heavy (non-hydrogen) atoms. The molecule has 0 saturated carbocycles. The number of carbonyl (C=O) groups is 1. The molecule has 152 valence electrons. The van der Waals surface area contributed by atoms with Gasteiger partial charge < -0.3 is 5.11 Å². The molecular weight excluding hydrogens is 394 g/mol. The van der Waals surface area contributed by atoms with Crippen LogP contribution in [0.4, 0.5) is 8.78 Å². The van der Waals surface area contributed by atoms with Gasteiger partial charge >= 0.3 is 0 Å². The standard InChI is InChI=1S/C22H22F2N2O2S/c1-14(28)26-22(29-21(25-26)18-13-17(23)10-11-20(18)24)16(6-4-12-27)9-8-15-5-2-3-7-19(15)22/h2-3,5,7,10-11,13,16,27H,4,6,8-9,12H2,1H3. The van der Waals surface area contributed by atoms with Crippen molar-refractivity contribution in [1.29, 1.82) is 0 Å². The number of fused-ring (bicyclic) bond motifs is 2. The number of aliphatic hydroxyl groups excluding tert-OH is 1. The lowest BCUT2D eigenvalue weighted by Crippen LogP contribution is -2.48. The Kier molecular flexibility index (Phi) is 5.44. The maximum Gasteiger partial charge on any atom is 0.241 e. The van der Waals surface area contributed by atoms with E-state index in [4.69, 9.17) is 0 Å². The van der Waals surface area contributed by atoms with Crippen LogP contribution in [0, 0.1) is 17.6 Å². The Labute approximate surface area is 172 Å². The number of hydrogen-bond acceptors (Lipinski definition) is 4. The number of hydrogen-bond donors (Lipinski definition) is 1. The lowest BCUT2D eigenvalue weighted by molar-refractivity contribution is -0.134. The van der Waals surface area contributed by atoms with E-state index in [-0.39, 0.29) is 24.0 Å². The first-order chi connectivity index (χ1) is 14.0. The van der Waals surface area contributed by atoms with E-state index < -0.39 is 16.5 Å². The third-order valence-electron chi connectivity index (χ3n) is 5.64. The van der Waals surface area contributed by atoms with Crippen molar-refractivity contribution in [3.8, 4) is 0 Å². The van der Waals surface area contributed by atoms with E-state index in [1.807, 2.05) is 24.3 Å². The lowest BCUT2D eigenvalue weighted by Gasteiger charge is -2.45. The summed E-state index contributed by atoms with van der Waals surface area (Å²) in [6.07, 6.45) is 2.99. The van der Waals surface area contributed by atoms with E-state index in [0.29, 0.717) is 17.9 Å². The van der Waals surface area contributed by atoms with E-state index in [0.717, 1.165) is 42.2 Å². The zero-order valence-electron chi connectivity index (χ0n) is 16.1. The van der Waals surface area contributed by atoms with Gasteiger partial charge in [-0.15, -0.1) is 0 Å². The van der Waals surface area contributed by atoms with Gasteiger partial charge in [-0.3, -0.25) is 4.79 Å². The van der Waals surface area contributed by atoms with Crippen LogP contribution in [0.3, 0.4) is 0 Å². The van der Waals surface area contributed by atoms with Crippen molar-refractivity contribution in [1.82, 2.24) is 5.01 Å². The topological polar surface area (TPSA) is 52.9 Å². The van der Waals surface area contributed by atoms with Crippen LogP contribution < -0.4 is 0 Å². The van der Waals surface area contributed by atoms with Gasteiger partial charge in [-0.05, 0) is 60.9 Å². The second-order valence-corrected chi connectivity index (χ2v) is 8.63. The van der Waals surface area contributed by atoms with Crippen molar-refractivity contribution < 1.29 is 18.7 Å². The molecule has 2 aromatic rings. The Hall–Kier alpha value is -2.25. The zero-order valence-corrected chi connectivity index (χ0v) is 16.9. The van der Waals surface area contributed by atoms with E-state index in [1.54, 1.807) is 0 Å². The molecule has 4 rings (SSSR count). The molecule has 1 N–H and O–H groups in total. The van der Waals surface area contributed by atoms with Gasteiger partial charge in [-0.2, -0.15) is 5.10 Å². The minimum Gasteiger partial charge on any atom is -0.396 e. The van der Waals surface area contributed by atoms with Crippen LogP contribution in [0.25, 0.3) is 0 Å². The molecule has 0 bridgehead atoms. The maximum atomic E-state index is 14.5. The molecule has 1 spiro atoms. The van der Waals surface area contributed by atoms with Gasteiger partial charge in [0.1, 0.15) is 21.5 Å². The Morgan fingerprint density at radius 1 is 1.31 bits per heavy atom. The van der Waals surface area contributed by atoms with Gasteiger partial charge in [-0.25, -0.2) is 13.8 Å². The fourth-order valence-corrected chi connectivity index (χ4v) is 6.04. The molecule has 0 radical (unpaired) electrons. The molecule has 1 amide bonds. The highest BCUT2D eigenvalue weighted by Crippen LogP contribution is 2.57.